The van der Waals surface area contributed by atoms with Crippen LogP contribution >= 0.6 is 11.6 Å². The Hall–Kier alpha value is -4.50. The third kappa shape index (κ3) is 14.6. The second-order valence-electron chi connectivity index (χ2n) is 20.1. The molecule has 2 aromatic carbocycles. The number of halogens is 1. The van der Waals surface area contributed by atoms with Crippen LogP contribution in [0.25, 0.3) is 0 Å². The fourth-order valence-electron chi connectivity index (χ4n) is 10.6. The summed E-state index contributed by atoms with van der Waals surface area (Å²) in [5.41, 5.74) is 2.45. The number of oxime groups is 1. The van der Waals surface area contributed by atoms with E-state index < -0.39 is 35.5 Å². The van der Waals surface area contributed by atoms with E-state index in [1.807, 2.05) is 51.1 Å². The lowest BCUT2D eigenvalue weighted by molar-refractivity contribution is -0.256. The van der Waals surface area contributed by atoms with Crippen LogP contribution < -0.4 is 24.3 Å². The SMILES string of the molecule is C=CCOC12Oc3ccc(OC(=O)NCCCCCCCCCCCC)cc3C3C(CCCCO)C(CCCCO)C=C(C(=NOC(C)(C)C)CC1N(Cc1ccc4c(c1)OCO4)C(=O)OCCCl)C32. The monoisotopic (exact) mass is 994 g/mol. The molecule has 0 spiro atoms. The van der Waals surface area contributed by atoms with Crippen LogP contribution in [0.3, 0.4) is 0 Å². The molecule has 15 heteroatoms. The van der Waals surface area contributed by atoms with Gasteiger partial charge in [-0.15, -0.1) is 18.2 Å². The number of ether oxygens (including phenoxy) is 6. The van der Waals surface area contributed by atoms with Crippen LogP contribution in [0.2, 0.25) is 0 Å². The minimum Gasteiger partial charge on any atom is -0.459 e. The van der Waals surface area contributed by atoms with Crippen molar-refractivity contribution in [3.05, 3.63) is 71.8 Å². The molecule has 2 aromatic rings. The number of alkyl halides is 1. The Morgan fingerprint density at radius 3 is 2.31 bits per heavy atom. The number of rotatable bonds is 29. The lowest BCUT2D eigenvalue weighted by Gasteiger charge is -2.60. The van der Waals surface area contributed by atoms with E-state index in [2.05, 4.69) is 24.9 Å². The summed E-state index contributed by atoms with van der Waals surface area (Å²) in [5, 5.41) is 27.9. The molecule has 4 aliphatic rings. The van der Waals surface area contributed by atoms with Crippen molar-refractivity contribution in [1.82, 2.24) is 10.2 Å². The molecular formula is C55H80ClN3O11. The van der Waals surface area contributed by atoms with Gasteiger partial charge in [0.05, 0.1) is 24.1 Å². The van der Waals surface area contributed by atoms with Crippen molar-refractivity contribution in [1.29, 1.82) is 0 Å². The fraction of sp³-hybridized carbons (Fsp3) is 0.655. The number of hydrogen-bond acceptors (Lipinski definition) is 12. The van der Waals surface area contributed by atoms with Gasteiger partial charge in [-0.1, -0.05) is 101 Å². The average molecular weight is 995 g/mol. The quantitative estimate of drug-likeness (QED) is 0.0307. The highest BCUT2D eigenvalue weighted by molar-refractivity contribution is 6.18. The number of unbranched alkanes of at least 4 members (excludes halogenated alkanes) is 11. The Balaban J connectivity index is 1.42. The summed E-state index contributed by atoms with van der Waals surface area (Å²) >= 11 is 6.14. The first-order valence-corrected chi connectivity index (χ1v) is 26.6. The van der Waals surface area contributed by atoms with Gasteiger partial charge in [-0.25, -0.2) is 9.59 Å². The molecule has 70 heavy (non-hydrogen) atoms. The number of nitrogens with zero attached hydrogens (tertiary/aromatic N) is 2. The minimum absolute atomic E-state index is 0.00767. The largest absolute Gasteiger partial charge is 0.459 e. The van der Waals surface area contributed by atoms with E-state index in [0.29, 0.717) is 48.1 Å². The summed E-state index contributed by atoms with van der Waals surface area (Å²) in [5.74, 6) is -0.332. The predicted octanol–water partition coefficient (Wildman–Crippen LogP) is 11.7. The predicted molar refractivity (Wildman–Crippen MR) is 272 cm³/mol. The van der Waals surface area contributed by atoms with Crippen LogP contribution in [-0.2, 0) is 20.9 Å². The summed E-state index contributed by atoms with van der Waals surface area (Å²) in [6, 6.07) is 10.2. The zero-order valence-corrected chi connectivity index (χ0v) is 43.0. The van der Waals surface area contributed by atoms with Gasteiger partial charge < -0.3 is 48.8 Å². The summed E-state index contributed by atoms with van der Waals surface area (Å²) in [4.78, 5) is 36.0. The molecule has 2 heterocycles. The molecule has 6 atom stereocenters. The molecule has 6 rings (SSSR count). The smallest absolute Gasteiger partial charge is 0.412 e. The van der Waals surface area contributed by atoms with Gasteiger partial charge in [0, 0.05) is 44.2 Å². The summed E-state index contributed by atoms with van der Waals surface area (Å²) in [7, 11) is 0. The van der Waals surface area contributed by atoms with Gasteiger partial charge in [0.15, 0.2) is 11.5 Å². The Bertz CT molecular complexity index is 2060. The lowest BCUT2D eigenvalue weighted by atomic mass is 9.55. The van der Waals surface area contributed by atoms with Gasteiger partial charge in [0.2, 0.25) is 12.6 Å². The normalized spacial score (nSPS) is 22.6. The lowest BCUT2D eigenvalue weighted by Crippen LogP contribution is -2.70. The van der Waals surface area contributed by atoms with Crippen molar-refractivity contribution >= 4 is 29.5 Å². The number of carbonyl (C=O) groups is 2. The standard InChI is InChI=1S/C55H80ClN3O11/c1-6-8-9-10-11-12-13-14-15-18-28-57-52(62)68-41-24-26-46-44(35-41)50-42(22-17-20-30-61)40(21-16-19-29-60)34-43-45(58-70-54(3,4)5)36-49(55(69-46,51(43)50)67-31-7-2)59(53(63)64-32-27-56)37-39-23-25-47-48(33-39)66-38-65-47/h7,23-26,33-35,40,42,49-51,60-61H,2,6,8-22,27-32,36-38H2,1,3-5H3,(H,57,62). The molecule has 3 N–H and O–H groups in total. The Labute approximate surface area is 421 Å². The van der Waals surface area contributed by atoms with Gasteiger partial charge >= 0.3 is 12.2 Å². The third-order valence-corrected chi connectivity index (χ3v) is 13.9. The van der Waals surface area contributed by atoms with Crippen molar-refractivity contribution in [2.75, 3.05) is 45.6 Å². The Morgan fingerprint density at radius 1 is 0.914 bits per heavy atom. The number of aliphatic hydroxyl groups excluding tert-OH is 2. The summed E-state index contributed by atoms with van der Waals surface area (Å²) < 4.78 is 37.8. The van der Waals surface area contributed by atoms with E-state index >= 15 is 0 Å². The number of allylic oxidation sites excluding steroid dienone is 1. The number of amides is 2. The zero-order valence-electron chi connectivity index (χ0n) is 42.2. The van der Waals surface area contributed by atoms with E-state index in [4.69, 9.17) is 50.0 Å². The average Bonchev–Trinajstić information content (AvgIpc) is 3.82. The van der Waals surface area contributed by atoms with Crippen LogP contribution in [0.1, 0.15) is 154 Å². The van der Waals surface area contributed by atoms with Crippen molar-refractivity contribution in [3.63, 3.8) is 0 Å². The molecule has 388 valence electrons. The van der Waals surface area contributed by atoms with Crippen molar-refractivity contribution < 1.29 is 53.1 Å². The number of hydrogen-bond donors (Lipinski definition) is 3. The third-order valence-electron chi connectivity index (χ3n) is 13.8. The second-order valence-corrected chi connectivity index (χ2v) is 20.5. The van der Waals surface area contributed by atoms with E-state index in [9.17, 15) is 19.8 Å². The first kappa shape index (κ1) is 54.8. The van der Waals surface area contributed by atoms with Crippen LogP contribution in [0, 0.1) is 17.8 Å². The van der Waals surface area contributed by atoms with E-state index in [-0.39, 0.29) is 69.8 Å². The van der Waals surface area contributed by atoms with Crippen LogP contribution in [0.4, 0.5) is 9.59 Å². The first-order valence-electron chi connectivity index (χ1n) is 26.1. The highest BCUT2D eigenvalue weighted by Crippen LogP contribution is 2.62. The van der Waals surface area contributed by atoms with Crippen molar-refractivity contribution in [2.24, 2.45) is 22.9 Å². The molecule has 1 fully saturated rings. The molecule has 0 saturated heterocycles. The number of aliphatic hydroxyl groups is 2. The molecule has 14 nitrogen and oxygen atoms in total. The van der Waals surface area contributed by atoms with Gasteiger partial charge in [-0.2, -0.15) is 0 Å². The summed E-state index contributed by atoms with van der Waals surface area (Å²) in [6.07, 6.45) is 19.3. The highest BCUT2D eigenvalue weighted by Gasteiger charge is 2.66. The van der Waals surface area contributed by atoms with Gasteiger partial charge in [0.1, 0.15) is 29.7 Å². The molecule has 0 aromatic heterocycles. The molecule has 0 bridgehead atoms. The van der Waals surface area contributed by atoms with E-state index in [1.54, 1.807) is 17.0 Å². The fourth-order valence-corrected chi connectivity index (χ4v) is 10.7. The molecule has 2 amide bonds. The van der Waals surface area contributed by atoms with Gasteiger partial charge in [-0.05, 0) is 106 Å². The number of fused-ring (bicyclic) bond motifs is 3. The maximum Gasteiger partial charge on any atom is 0.412 e. The molecular weight excluding hydrogens is 914 g/mol. The summed E-state index contributed by atoms with van der Waals surface area (Å²) in [6.45, 7) is 13.0. The number of nitrogens with one attached hydrogen (secondary N) is 1. The zero-order chi connectivity index (χ0) is 49.9. The Kier molecular flexibility index (Phi) is 21.4. The number of carbonyl (C=O) groups excluding carboxylic acids is 2. The van der Waals surface area contributed by atoms with Gasteiger partial charge in [-0.3, -0.25) is 4.90 Å². The van der Waals surface area contributed by atoms with Crippen molar-refractivity contribution in [2.45, 2.75) is 167 Å². The van der Waals surface area contributed by atoms with E-state index in [0.717, 1.165) is 61.6 Å². The second kappa shape index (κ2) is 27.4. The van der Waals surface area contributed by atoms with Crippen LogP contribution in [0.5, 0.6) is 23.0 Å². The van der Waals surface area contributed by atoms with Crippen LogP contribution in [0.15, 0.2) is 65.9 Å². The van der Waals surface area contributed by atoms with Gasteiger partial charge in [0.25, 0.3) is 0 Å². The molecule has 2 aliphatic heterocycles. The Morgan fingerprint density at radius 2 is 1.61 bits per heavy atom. The maximum atomic E-state index is 14.7. The topological polar surface area (TPSA) is 167 Å². The van der Waals surface area contributed by atoms with Crippen molar-refractivity contribution in [3.8, 4) is 23.0 Å². The maximum absolute atomic E-state index is 14.7. The molecule has 0 radical (unpaired) electrons. The molecule has 6 unspecified atom stereocenters. The molecule has 1 saturated carbocycles. The number of benzene rings is 2. The first-order chi connectivity index (χ1) is 34.0. The highest BCUT2D eigenvalue weighted by atomic mass is 35.5. The molecule has 2 aliphatic carbocycles. The van der Waals surface area contributed by atoms with E-state index in [1.165, 1.54) is 44.9 Å². The minimum atomic E-state index is -1.55. The van der Waals surface area contributed by atoms with Crippen LogP contribution in [-0.4, -0.2) is 96.1 Å².